The Morgan fingerprint density at radius 2 is 1.54 bits per heavy atom. The van der Waals surface area contributed by atoms with Crippen LogP contribution in [0.4, 0.5) is 5.69 Å². The highest BCUT2D eigenvalue weighted by atomic mass is 35.5. The van der Waals surface area contributed by atoms with E-state index in [9.17, 15) is 18.0 Å². The van der Waals surface area contributed by atoms with Gasteiger partial charge in [-0.05, 0) is 65.2 Å². The number of sulfonamides is 1. The lowest BCUT2D eigenvalue weighted by Gasteiger charge is -2.36. The molecule has 1 aliphatic heterocycles. The molecule has 0 saturated carbocycles. The van der Waals surface area contributed by atoms with Crippen LogP contribution >= 0.6 is 11.6 Å². The Bertz CT molecular complexity index is 1680. The van der Waals surface area contributed by atoms with Crippen LogP contribution in [0.15, 0.2) is 90.0 Å². The van der Waals surface area contributed by atoms with Gasteiger partial charge < -0.3 is 14.6 Å². The SMILES string of the molecule is Cn1c(C(=O)O)ccc1S(=O)(=O)NC(=O)c1ccc(N2CCN(Cc3ccccc3-c3ccc(Cl)cc3)CC2)cc1. The van der Waals surface area contributed by atoms with E-state index in [2.05, 4.69) is 28.0 Å². The van der Waals surface area contributed by atoms with Crippen molar-refractivity contribution in [2.24, 2.45) is 7.05 Å². The molecule has 0 radical (unpaired) electrons. The third-order valence-electron chi connectivity index (χ3n) is 7.23. The van der Waals surface area contributed by atoms with E-state index in [1.165, 1.54) is 24.2 Å². The predicted molar refractivity (Wildman–Crippen MR) is 158 cm³/mol. The minimum absolute atomic E-state index is 0.183. The Kier molecular flexibility index (Phi) is 8.16. The van der Waals surface area contributed by atoms with Gasteiger partial charge in [0, 0.05) is 56.0 Å². The fourth-order valence-corrected chi connectivity index (χ4v) is 6.31. The van der Waals surface area contributed by atoms with Gasteiger partial charge in [-0.15, -0.1) is 0 Å². The molecular weight excluding hydrogens is 564 g/mol. The number of carbonyl (C=O) groups excluding carboxylic acids is 1. The van der Waals surface area contributed by atoms with E-state index in [1.807, 2.05) is 35.1 Å². The van der Waals surface area contributed by atoms with E-state index in [0.29, 0.717) is 5.02 Å². The summed E-state index contributed by atoms with van der Waals surface area (Å²) in [7, 11) is -2.94. The summed E-state index contributed by atoms with van der Waals surface area (Å²) < 4.78 is 28.4. The second kappa shape index (κ2) is 11.8. The molecule has 1 aliphatic rings. The van der Waals surface area contributed by atoms with Crippen LogP contribution < -0.4 is 9.62 Å². The average Bonchev–Trinajstić information content (AvgIpc) is 3.37. The summed E-state index contributed by atoms with van der Waals surface area (Å²) in [5, 5.41) is 9.57. The maximum atomic E-state index is 12.7. The minimum Gasteiger partial charge on any atom is -0.477 e. The standard InChI is InChI=1S/C30H29ClN4O5S/c1-33-27(30(37)38)14-15-28(33)41(39,40)32-29(36)22-8-12-25(13-9-22)35-18-16-34(17-19-35)20-23-4-2-3-5-26(23)21-6-10-24(31)11-7-21/h2-15H,16-20H2,1H3,(H,32,36)(H,37,38). The van der Waals surface area contributed by atoms with E-state index in [-0.39, 0.29) is 16.3 Å². The van der Waals surface area contributed by atoms with Crippen molar-refractivity contribution in [3.05, 3.63) is 107 Å². The Balaban J connectivity index is 1.19. The van der Waals surface area contributed by atoms with Gasteiger partial charge in [-0.1, -0.05) is 48.0 Å². The number of carbonyl (C=O) groups is 2. The van der Waals surface area contributed by atoms with Gasteiger partial charge in [-0.2, -0.15) is 8.42 Å². The number of rotatable bonds is 8. The van der Waals surface area contributed by atoms with Gasteiger partial charge in [0.2, 0.25) is 0 Å². The molecule has 1 saturated heterocycles. The van der Waals surface area contributed by atoms with Crippen LogP contribution in [0.1, 0.15) is 26.4 Å². The van der Waals surface area contributed by atoms with Gasteiger partial charge in [-0.25, -0.2) is 9.52 Å². The van der Waals surface area contributed by atoms with E-state index in [0.717, 1.165) is 54.6 Å². The summed E-state index contributed by atoms with van der Waals surface area (Å²) in [6.07, 6.45) is 0. The number of aromatic nitrogens is 1. The van der Waals surface area contributed by atoms with Crippen molar-refractivity contribution in [3.63, 3.8) is 0 Å². The Morgan fingerprint density at radius 3 is 2.17 bits per heavy atom. The topological polar surface area (TPSA) is 112 Å². The first kappa shape index (κ1) is 28.4. The molecular formula is C30H29ClN4O5S. The number of amides is 1. The smallest absolute Gasteiger partial charge is 0.352 e. The number of piperazine rings is 1. The van der Waals surface area contributed by atoms with E-state index < -0.39 is 21.9 Å². The zero-order valence-corrected chi connectivity index (χ0v) is 23.9. The molecule has 212 valence electrons. The molecule has 41 heavy (non-hydrogen) atoms. The van der Waals surface area contributed by atoms with Crippen LogP contribution in [0, 0.1) is 0 Å². The molecule has 5 rings (SSSR count). The van der Waals surface area contributed by atoms with Crippen LogP contribution in [0.3, 0.4) is 0 Å². The molecule has 2 heterocycles. The number of carboxylic acids is 1. The van der Waals surface area contributed by atoms with Crippen LogP contribution in [0.2, 0.25) is 5.02 Å². The highest BCUT2D eigenvalue weighted by molar-refractivity contribution is 7.90. The quantitative estimate of drug-likeness (QED) is 0.310. The van der Waals surface area contributed by atoms with Gasteiger partial charge in [0.25, 0.3) is 15.9 Å². The molecule has 11 heteroatoms. The van der Waals surface area contributed by atoms with E-state index in [1.54, 1.807) is 24.3 Å². The summed E-state index contributed by atoms with van der Waals surface area (Å²) in [5.74, 6) is -2.06. The number of hydrogen-bond donors (Lipinski definition) is 2. The number of hydrogen-bond acceptors (Lipinski definition) is 6. The second-order valence-electron chi connectivity index (χ2n) is 9.83. The number of nitrogens with zero attached hydrogens (tertiary/aromatic N) is 3. The van der Waals surface area contributed by atoms with Crippen molar-refractivity contribution in [2.45, 2.75) is 11.6 Å². The number of nitrogens with one attached hydrogen (secondary N) is 1. The van der Waals surface area contributed by atoms with Crippen LogP contribution in [-0.4, -0.2) is 61.0 Å². The molecule has 0 unspecified atom stereocenters. The van der Waals surface area contributed by atoms with Gasteiger partial charge >= 0.3 is 5.97 Å². The van der Waals surface area contributed by atoms with Gasteiger partial charge in [0.1, 0.15) is 5.69 Å². The second-order valence-corrected chi connectivity index (χ2v) is 11.9. The first-order valence-electron chi connectivity index (χ1n) is 13.0. The molecule has 1 fully saturated rings. The monoisotopic (exact) mass is 592 g/mol. The zero-order valence-electron chi connectivity index (χ0n) is 22.3. The summed E-state index contributed by atoms with van der Waals surface area (Å²) in [6.45, 7) is 4.18. The summed E-state index contributed by atoms with van der Waals surface area (Å²) in [4.78, 5) is 28.6. The Hall–Kier alpha value is -4.12. The highest BCUT2D eigenvalue weighted by Gasteiger charge is 2.25. The molecule has 0 bridgehead atoms. The lowest BCUT2D eigenvalue weighted by Crippen LogP contribution is -2.46. The van der Waals surface area contributed by atoms with Crippen LogP contribution in [0.25, 0.3) is 11.1 Å². The fraction of sp³-hybridized carbons (Fsp3) is 0.200. The highest BCUT2D eigenvalue weighted by Crippen LogP contribution is 2.27. The lowest BCUT2D eigenvalue weighted by atomic mass is 9.99. The maximum Gasteiger partial charge on any atom is 0.352 e. The molecule has 4 aromatic rings. The lowest BCUT2D eigenvalue weighted by molar-refractivity contribution is 0.0685. The van der Waals surface area contributed by atoms with Crippen molar-refractivity contribution >= 4 is 39.2 Å². The fourth-order valence-electron chi connectivity index (χ4n) is 5.01. The first-order valence-corrected chi connectivity index (χ1v) is 14.9. The van der Waals surface area contributed by atoms with Crippen LogP contribution in [0.5, 0.6) is 0 Å². The van der Waals surface area contributed by atoms with E-state index in [4.69, 9.17) is 16.7 Å². The summed E-state index contributed by atoms with van der Waals surface area (Å²) in [6, 6.07) is 25.4. The molecule has 1 aromatic heterocycles. The number of benzene rings is 3. The third-order valence-corrected chi connectivity index (χ3v) is 8.90. The largest absolute Gasteiger partial charge is 0.477 e. The maximum absolute atomic E-state index is 12.7. The number of anilines is 1. The van der Waals surface area contributed by atoms with Gasteiger partial charge in [0.05, 0.1) is 0 Å². The molecule has 2 N–H and O–H groups in total. The summed E-state index contributed by atoms with van der Waals surface area (Å²) in [5.41, 5.74) is 4.50. The molecule has 9 nitrogen and oxygen atoms in total. The number of aromatic carboxylic acids is 1. The molecule has 3 aromatic carbocycles. The predicted octanol–water partition coefficient (Wildman–Crippen LogP) is 4.48. The Morgan fingerprint density at radius 1 is 0.878 bits per heavy atom. The van der Waals surface area contributed by atoms with Crippen molar-refractivity contribution in [1.29, 1.82) is 0 Å². The average molecular weight is 593 g/mol. The van der Waals surface area contributed by atoms with Crippen LogP contribution in [-0.2, 0) is 23.6 Å². The molecule has 0 aliphatic carbocycles. The van der Waals surface area contributed by atoms with Crippen molar-refractivity contribution in [3.8, 4) is 11.1 Å². The van der Waals surface area contributed by atoms with Crippen molar-refractivity contribution in [1.82, 2.24) is 14.2 Å². The minimum atomic E-state index is -4.26. The molecule has 0 spiro atoms. The van der Waals surface area contributed by atoms with E-state index >= 15 is 0 Å². The summed E-state index contributed by atoms with van der Waals surface area (Å²) >= 11 is 6.07. The van der Waals surface area contributed by atoms with Gasteiger partial charge in [0.15, 0.2) is 5.03 Å². The van der Waals surface area contributed by atoms with Gasteiger partial charge in [-0.3, -0.25) is 9.69 Å². The normalized spacial score (nSPS) is 14.1. The number of carboxylic acid groups (broad SMARTS) is 1. The number of halogens is 1. The van der Waals surface area contributed by atoms with Crippen molar-refractivity contribution in [2.75, 3.05) is 31.1 Å². The third kappa shape index (κ3) is 6.30. The molecule has 1 amide bonds. The van der Waals surface area contributed by atoms with Crippen molar-refractivity contribution < 1.29 is 23.1 Å². The Labute approximate surface area is 243 Å². The molecule has 0 atom stereocenters. The zero-order chi connectivity index (χ0) is 29.1. The first-order chi connectivity index (χ1) is 19.6.